The van der Waals surface area contributed by atoms with E-state index in [1.54, 1.807) is 0 Å². The normalized spacial score (nSPS) is 25.9. The number of carbonyl (C=O) groups excluding carboxylic acids is 1. The topological polar surface area (TPSA) is 67.6 Å². The van der Waals surface area contributed by atoms with Crippen LogP contribution in [0.5, 0.6) is 0 Å². The number of carbonyl (C=O) groups is 1. The highest BCUT2D eigenvalue weighted by molar-refractivity contribution is 5.67. The lowest BCUT2D eigenvalue weighted by Crippen LogP contribution is -2.35. The summed E-state index contributed by atoms with van der Waals surface area (Å²) in [6.07, 6.45) is 0.558. The van der Waals surface area contributed by atoms with Gasteiger partial charge in [-0.15, -0.1) is 0 Å². The number of nitrogens with zero attached hydrogens (tertiary/aromatic N) is 1. The molecule has 0 aromatic heterocycles. The van der Waals surface area contributed by atoms with Crippen LogP contribution in [0.2, 0.25) is 0 Å². The number of nitrogens with one attached hydrogen (secondary N) is 1. The fraction of sp³-hybridized carbons (Fsp3) is 0.917. The molecule has 1 fully saturated rings. The first-order valence-electron chi connectivity index (χ1n) is 6.19. The Bertz CT molecular complexity index is 263. The van der Waals surface area contributed by atoms with Gasteiger partial charge >= 0.3 is 6.09 Å². The summed E-state index contributed by atoms with van der Waals surface area (Å²) in [5.41, 5.74) is 5.57. The predicted octanol–water partition coefficient (Wildman–Crippen LogP) is 0.790. The van der Waals surface area contributed by atoms with Crippen LogP contribution >= 0.6 is 0 Å². The highest BCUT2D eigenvalue weighted by Crippen LogP contribution is 2.16. The zero-order valence-electron chi connectivity index (χ0n) is 11.3. The van der Waals surface area contributed by atoms with Crippen LogP contribution in [0.3, 0.4) is 0 Å². The molecule has 0 radical (unpaired) electrons. The summed E-state index contributed by atoms with van der Waals surface area (Å²) < 4.78 is 5.16. The molecular formula is C12H25N3O2. The van der Waals surface area contributed by atoms with Gasteiger partial charge in [0.2, 0.25) is 0 Å². The van der Waals surface area contributed by atoms with Gasteiger partial charge in [-0.25, -0.2) is 4.79 Å². The monoisotopic (exact) mass is 243 g/mol. The van der Waals surface area contributed by atoms with Crippen molar-refractivity contribution in [3.05, 3.63) is 0 Å². The summed E-state index contributed by atoms with van der Waals surface area (Å²) in [6, 6.07) is 0.223. The van der Waals surface area contributed by atoms with E-state index in [0.717, 1.165) is 19.5 Å². The van der Waals surface area contributed by atoms with Crippen LogP contribution in [0.1, 0.15) is 27.2 Å². The highest BCUT2D eigenvalue weighted by atomic mass is 16.6. The zero-order chi connectivity index (χ0) is 13.1. The van der Waals surface area contributed by atoms with E-state index in [1.807, 2.05) is 20.8 Å². The third-order valence-electron chi connectivity index (χ3n) is 2.86. The Balaban J connectivity index is 2.18. The standard InChI is InChI=1S/C12H25N3O2/c1-12(2,3)17-11(16)14-6-5-9-7-15(4)8-10(9)13/h9-10H,5-8,13H2,1-4H3,(H,14,16). The van der Waals surface area contributed by atoms with Gasteiger partial charge in [-0.05, 0) is 40.2 Å². The lowest BCUT2D eigenvalue weighted by molar-refractivity contribution is 0.0525. The fourth-order valence-electron chi connectivity index (χ4n) is 2.10. The number of likely N-dealkylation sites (N-methyl/N-ethyl adjacent to an activating group) is 1. The van der Waals surface area contributed by atoms with Gasteiger partial charge in [0.05, 0.1) is 0 Å². The average Bonchev–Trinajstić information content (AvgIpc) is 2.42. The Kier molecular flexibility index (Phi) is 4.77. The number of amides is 1. The van der Waals surface area contributed by atoms with Crippen molar-refractivity contribution in [3.63, 3.8) is 0 Å². The second-order valence-electron chi connectivity index (χ2n) is 5.86. The molecule has 17 heavy (non-hydrogen) atoms. The maximum Gasteiger partial charge on any atom is 0.407 e. The van der Waals surface area contributed by atoms with E-state index in [2.05, 4.69) is 17.3 Å². The fourth-order valence-corrected chi connectivity index (χ4v) is 2.10. The van der Waals surface area contributed by atoms with E-state index in [4.69, 9.17) is 10.5 Å². The molecule has 0 bridgehead atoms. The predicted molar refractivity (Wildman–Crippen MR) is 67.8 cm³/mol. The van der Waals surface area contributed by atoms with Gasteiger partial charge in [-0.2, -0.15) is 0 Å². The number of ether oxygens (including phenoxy) is 1. The number of hydrogen-bond donors (Lipinski definition) is 2. The van der Waals surface area contributed by atoms with Gasteiger partial charge in [0, 0.05) is 25.7 Å². The van der Waals surface area contributed by atoms with Crippen molar-refractivity contribution in [1.82, 2.24) is 10.2 Å². The quantitative estimate of drug-likeness (QED) is 0.769. The summed E-state index contributed by atoms with van der Waals surface area (Å²) >= 11 is 0. The van der Waals surface area contributed by atoms with Gasteiger partial charge in [0.25, 0.3) is 0 Å². The van der Waals surface area contributed by atoms with E-state index >= 15 is 0 Å². The summed E-state index contributed by atoms with van der Waals surface area (Å²) in [5.74, 6) is 0.468. The Morgan fingerprint density at radius 3 is 2.59 bits per heavy atom. The average molecular weight is 243 g/mol. The molecule has 2 unspecified atom stereocenters. The van der Waals surface area contributed by atoms with E-state index in [1.165, 1.54) is 0 Å². The third kappa shape index (κ3) is 5.37. The van der Waals surface area contributed by atoms with Crippen molar-refractivity contribution >= 4 is 6.09 Å². The highest BCUT2D eigenvalue weighted by Gasteiger charge is 2.27. The molecular weight excluding hydrogens is 218 g/mol. The van der Waals surface area contributed by atoms with Crippen LogP contribution in [0.4, 0.5) is 4.79 Å². The van der Waals surface area contributed by atoms with Crippen LogP contribution in [-0.4, -0.2) is 49.3 Å². The van der Waals surface area contributed by atoms with Gasteiger partial charge in [0.1, 0.15) is 5.60 Å². The molecule has 5 heteroatoms. The molecule has 0 spiro atoms. The lowest BCUT2D eigenvalue weighted by atomic mass is 10.0. The second-order valence-corrected chi connectivity index (χ2v) is 5.86. The van der Waals surface area contributed by atoms with Crippen molar-refractivity contribution in [2.45, 2.75) is 38.8 Å². The minimum Gasteiger partial charge on any atom is -0.444 e. The first-order valence-corrected chi connectivity index (χ1v) is 6.19. The molecule has 5 nitrogen and oxygen atoms in total. The SMILES string of the molecule is CN1CC(N)C(CCNC(=O)OC(C)(C)C)C1. The molecule has 0 aromatic rings. The van der Waals surface area contributed by atoms with Gasteiger partial charge in [-0.3, -0.25) is 0 Å². The summed E-state index contributed by atoms with van der Waals surface area (Å²) in [5, 5.41) is 2.77. The van der Waals surface area contributed by atoms with Crippen LogP contribution in [0.15, 0.2) is 0 Å². The number of alkyl carbamates (subject to hydrolysis) is 1. The number of hydrogen-bond acceptors (Lipinski definition) is 4. The van der Waals surface area contributed by atoms with Crippen LogP contribution in [-0.2, 0) is 4.74 Å². The van der Waals surface area contributed by atoms with E-state index in [0.29, 0.717) is 12.5 Å². The smallest absolute Gasteiger partial charge is 0.407 e. The molecule has 2 atom stereocenters. The molecule has 1 aliphatic rings. The van der Waals surface area contributed by atoms with Crippen molar-refractivity contribution < 1.29 is 9.53 Å². The molecule has 0 aliphatic carbocycles. The molecule has 1 rings (SSSR count). The second kappa shape index (κ2) is 5.69. The summed E-state index contributed by atoms with van der Waals surface area (Å²) in [6.45, 7) is 8.15. The minimum atomic E-state index is -0.436. The van der Waals surface area contributed by atoms with Crippen LogP contribution in [0, 0.1) is 5.92 Å². The Morgan fingerprint density at radius 1 is 1.47 bits per heavy atom. The van der Waals surface area contributed by atoms with Gasteiger partial charge in [0.15, 0.2) is 0 Å². The Morgan fingerprint density at radius 2 is 2.12 bits per heavy atom. The first-order chi connectivity index (χ1) is 7.78. The zero-order valence-corrected chi connectivity index (χ0v) is 11.3. The molecule has 0 saturated carbocycles. The van der Waals surface area contributed by atoms with Gasteiger partial charge in [-0.1, -0.05) is 0 Å². The molecule has 1 heterocycles. The molecule has 100 valence electrons. The van der Waals surface area contributed by atoms with E-state index in [9.17, 15) is 4.79 Å². The maximum absolute atomic E-state index is 11.4. The lowest BCUT2D eigenvalue weighted by Gasteiger charge is -2.20. The molecule has 0 aromatic carbocycles. The number of rotatable bonds is 3. The minimum absolute atomic E-state index is 0.223. The van der Waals surface area contributed by atoms with Crippen molar-refractivity contribution in [3.8, 4) is 0 Å². The third-order valence-corrected chi connectivity index (χ3v) is 2.86. The van der Waals surface area contributed by atoms with Crippen LogP contribution < -0.4 is 11.1 Å². The summed E-state index contributed by atoms with van der Waals surface area (Å²) in [7, 11) is 2.07. The Labute approximate surface area is 104 Å². The molecule has 1 aliphatic heterocycles. The van der Waals surface area contributed by atoms with Crippen molar-refractivity contribution in [2.75, 3.05) is 26.7 Å². The van der Waals surface area contributed by atoms with Crippen LogP contribution in [0.25, 0.3) is 0 Å². The van der Waals surface area contributed by atoms with Crippen molar-refractivity contribution in [2.24, 2.45) is 11.7 Å². The largest absolute Gasteiger partial charge is 0.444 e. The van der Waals surface area contributed by atoms with Crippen molar-refractivity contribution in [1.29, 1.82) is 0 Å². The first kappa shape index (κ1) is 14.3. The maximum atomic E-state index is 11.4. The molecule has 1 amide bonds. The summed E-state index contributed by atoms with van der Waals surface area (Å²) in [4.78, 5) is 13.6. The molecule has 1 saturated heterocycles. The Hall–Kier alpha value is -0.810. The number of likely N-dealkylation sites (tertiary alicyclic amines) is 1. The van der Waals surface area contributed by atoms with E-state index in [-0.39, 0.29) is 12.1 Å². The molecule has 3 N–H and O–H groups in total. The number of nitrogens with two attached hydrogens (primary N) is 1. The van der Waals surface area contributed by atoms with E-state index < -0.39 is 5.60 Å². The van der Waals surface area contributed by atoms with Gasteiger partial charge < -0.3 is 20.7 Å².